The van der Waals surface area contributed by atoms with Crippen molar-refractivity contribution in [3.05, 3.63) is 34.7 Å². The molecule has 1 saturated heterocycles. The molecule has 28 heavy (non-hydrogen) atoms. The first-order valence-electron chi connectivity index (χ1n) is 8.63. The molecule has 1 amide bonds. The number of carbonyl (C=O) groups excluding carboxylic acids is 1. The number of methoxy groups -OCH3 is 2. The summed E-state index contributed by atoms with van der Waals surface area (Å²) in [4.78, 5) is 12.7. The molecule has 1 aromatic heterocycles. The van der Waals surface area contributed by atoms with Crippen LogP contribution in [0.4, 0.5) is 5.69 Å². The van der Waals surface area contributed by atoms with Crippen molar-refractivity contribution in [3.63, 3.8) is 0 Å². The van der Waals surface area contributed by atoms with E-state index in [4.69, 9.17) is 21.1 Å². The van der Waals surface area contributed by atoms with Gasteiger partial charge in [0, 0.05) is 37.0 Å². The average molecular weight is 445 g/mol. The monoisotopic (exact) mass is 444 g/mol. The molecule has 1 fully saturated rings. The summed E-state index contributed by atoms with van der Waals surface area (Å²) in [6, 6.07) is 8.13. The van der Waals surface area contributed by atoms with E-state index in [1.807, 2.05) is 0 Å². The molecule has 0 radical (unpaired) electrons. The summed E-state index contributed by atoms with van der Waals surface area (Å²) >= 11 is 6.89. The first-order valence-corrected chi connectivity index (χ1v) is 11.3. The average Bonchev–Trinajstić information content (AvgIpc) is 3.15. The molecule has 0 saturated carbocycles. The third-order valence-electron chi connectivity index (χ3n) is 4.52. The standard InChI is InChI=1S/C18H21ClN2O5S2/c1-25-14-8-13(9-15(10-14)26-2)20-18(22)12-4-3-7-21(11-12)28(23,24)17-6-5-16(19)27-17/h5-6,8-10,12H,3-4,7,11H2,1-2H3,(H,20,22). The number of ether oxygens (including phenoxy) is 2. The second-order valence-corrected chi connectivity index (χ2v) is 10.2. The number of hydrogen-bond donors (Lipinski definition) is 1. The van der Waals surface area contributed by atoms with Gasteiger partial charge in [-0.2, -0.15) is 4.31 Å². The fourth-order valence-electron chi connectivity index (χ4n) is 3.06. The Labute approximate surface area is 173 Å². The predicted octanol–water partition coefficient (Wildman–Crippen LogP) is 3.46. The Hall–Kier alpha value is -1.81. The molecular weight excluding hydrogens is 424 g/mol. The molecule has 7 nitrogen and oxygen atoms in total. The highest BCUT2D eigenvalue weighted by molar-refractivity contribution is 7.91. The van der Waals surface area contributed by atoms with Crippen LogP contribution < -0.4 is 14.8 Å². The van der Waals surface area contributed by atoms with Crippen molar-refractivity contribution >= 4 is 44.6 Å². The maximum absolute atomic E-state index is 12.8. The lowest BCUT2D eigenvalue weighted by atomic mass is 9.98. The van der Waals surface area contributed by atoms with Crippen LogP contribution in [0.15, 0.2) is 34.5 Å². The maximum Gasteiger partial charge on any atom is 0.252 e. The third-order valence-corrected chi connectivity index (χ3v) is 8.08. The van der Waals surface area contributed by atoms with Gasteiger partial charge in [-0.3, -0.25) is 4.79 Å². The molecule has 10 heteroatoms. The fraction of sp³-hybridized carbons (Fsp3) is 0.389. The van der Waals surface area contributed by atoms with E-state index in [9.17, 15) is 13.2 Å². The van der Waals surface area contributed by atoms with E-state index >= 15 is 0 Å². The first-order chi connectivity index (χ1) is 13.3. The number of anilines is 1. The summed E-state index contributed by atoms with van der Waals surface area (Å²) in [5, 5.41) is 2.84. The van der Waals surface area contributed by atoms with Crippen molar-refractivity contribution in [1.29, 1.82) is 0 Å². The maximum atomic E-state index is 12.8. The van der Waals surface area contributed by atoms with Crippen LogP contribution in [-0.2, 0) is 14.8 Å². The molecule has 2 heterocycles. The number of nitrogens with zero attached hydrogens (tertiary/aromatic N) is 1. The van der Waals surface area contributed by atoms with Crippen molar-refractivity contribution < 1.29 is 22.7 Å². The summed E-state index contributed by atoms with van der Waals surface area (Å²) in [6.45, 7) is 0.513. The molecule has 1 atom stereocenters. The molecular formula is C18H21ClN2O5S2. The molecule has 3 rings (SSSR count). The minimum atomic E-state index is -3.65. The number of carbonyl (C=O) groups is 1. The molecule has 152 valence electrons. The zero-order chi connectivity index (χ0) is 20.3. The van der Waals surface area contributed by atoms with Crippen LogP contribution in [0.25, 0.3) is 0 Å². The van der Waals surface area contributed by atoms with Gasteiger partial charge in [0.1, 0.15) is 15.7 Å². The van der Waals surface area contributed by atoms with Crippen LogP contribution in [-0.4, -0.2) is 45.9 Å². The molecule has 1 N–H and O–H groups in total. The summed E-state index contributed by atoms with van der Waals surface area (Å²) in [5.74, 6) is 0.421. The van der Waals surface area contributed by atoms with Crippen molar-refractivity contribution in [2.75, 3.05) is 32.6 Å². The Morgan fingerprint density at radius 1 is 1.21 bits per heavy atom. The van der Waals surface area contributed by atoms with Gasteiger partial charge in [0.25, 0.3) is 10.0 Å². The topological polar surface area (TPSA) is 84.9 Å². The van der Waals surface area contributed by atoms with Gasteiger partial charge in [0.15, 0.2) is 0 Å². The second-order valence-electron chi connectivity index (χ2n) is 6.35. The number of benzene rings is 1. The summed E-state index contributed by atoms with van der Waals surface area (Å²) in [7, 11) is -0.597. The number of thiophene rings is 1. The molecule has 0 bridgehead atoms. The van der Waals surface area contributed by atoms with Gasteiger partial charge >= 0.3 is 0 Å². The first kappa shape index (κ1) is 20.9. The molecule has 1 aromatic carbocycles. The molecule has 1 aliphatic heterocycles. The lowest BCUT2D eigenvalue weighted by Gasteiger charge is -2.30. The van der Waals surface area contributed by atoms with Gasteiger partial charge in [-0.15, -0.1) is 11.3 Å². The number of sulfonamides is 1. The molecule has 2 aromatic rings. The number of halogens is 1. The van der Waals surface area contributed by atoms with E-state index in [-0.39, 0.29) is 16.7 Å². The van der Waals surface area contributed by atoms with Gasteiger partial charge in [-0.1, -0.05) is 11.6 Å². The number of amides is 1. The lowest BCUT2D eigenvalue weighted by Crippen LogP contribution is -2.43. The molecule has 1 unspecified atom stereocenters. The minimum Gasteiger partial charge on any atom is -0.497 e. The molecule has 1 aliphatic rings. The highest BCUT2D eigenvalue weighted by Crippen LogP contribution is 2.31. The predicted molar refractivity (Wildman–Crippen MR) is 109 cm³/mol. The van der Waals surface area contributed by atoms with Crippen molar-refractivity contribution in [2.24, 2.45) is 5.92 Å². The third kappa shape index (κ3) is 4.60. The zero-order valence-electron chi connectivity index (χ0n) is 15.5. The Morgan fingerprint density at radius 2 is 1.89 bits per heavy atom. The van der Waals surface area contributed by atoms with E-state index in [1.165, 1.54) is 24.6 Å². The van der Waals surface area contributed by atoms with E-state index < -0.39 is 15.9 Å². The highest BCUT2D eigenvalue weighted by Gasteiger charge is 2.34. The SMILES string of the molecule is COc1cc(NC(=O)C2CCCN(S(=O)(=O)c3ccc(Cl)s3)C2)cc(OC)c1. The molecule has 0 spiro atoms. The Bertz CT molecular complexity index is 938. The van der Waals surface area contributed by atoms with E-state index in [2.05, 4.69) is 5.32 Å². The van der Waals surface area contributed by atoms with Crippen molar-refractivity contribution in [1.82, 2.24) is 4.31 Å². The number of rotatable bonds is 6. The summed E-state index contributed by atoms with van der Waals surface area (Å²) < 4.78 is 38.0. The van der Waals surface area contributed by atoms with Gasteiger partial charge in [-0.25, -0.2) is 8.42 Å². The quantitative estimate of drug-likeness (QED) is 0.737. The number of piperidine rings is 1. The fourth-order valence-corrected chi connectivity index (χ4v) is 6.22. The van der Waals surface area contributed by atoms with Crippen LogP contribution in [0, 0.1) is 5.92 Å². The Kier molecular flexibility index (Phi) is 6.49. The van der Waals surface area contributed by atoms with Gasteiger partial charge in [0.05, 0.1) is 24.5 Å². The van der Waals surface area contributed by atoms with Crippen molar-refractivity contribution in [2.45, 2.75) is 17.1 Å². The highest BCUT2D eigenvalue weighted by atomic mass is 35.5. The summed E-state index contributed by atoms with van der Waals surface area (Å²) in [6.07, 6.45) is 1.22. The molecule has 0 aliphatic carbocycles. The largest absolute Gasteiger partial charge is 0.497 e. The number of nitrogens with one attached hydrogen (secondary N) is 1. The minimum absolute atomic E-state index is 0.130. The van der Waals surface area contributed by atoms with Gasteiger partial charge < -0.3 is 14.8 Å². The second kappa shape index (κ2) is 8.69. The van der Waals surface area contributed by atoms with Gasteiger partial charge in [-0.05, 0) is 25.0 Å². The smallest absolute Gasteiger partial charge is 0.252 e. The van der Waals surface area contributed by atoms with Crippen LogP contribution in [0.3, 0.4) is 0 Å². The van der Waals surface area contributed by atoms with E-state index in [1.54, 1.807) is 24.3 Å². The van der Waals surface area contributed by atoms with Crippen LogP contribution in [0.2, 0.25) is 4.34 Å². The van der Waals surface area contributed by atoms with E-state index in [0.29, 0.717) is 40.9 Å². The Morgan fingerprint density at radius 3 is 2.46 bits per heavy atom. The zero-order valence-corrected chi connectivity index (χ0v) is 17.9. The lowest BCUT2D eigenvalue weighted by molar-refractivity contribution is -0.120. The van der Waals surface area contributed by atoms with Gasteiger partial charge in [0.2, 0.25) is 5.91 Å². The normalized spacial score (nSPS) is 17.9. The number of hydrogen-bond acceptors (Lipinski definition) is 6. The van der Waals surface area contributed by atoms with Crippen LogP contribution in [0.1, 0.15) is 12.8 Å². The van der Waals surface area contributed by atoms with Crippen LogP contribution in [0.5, 0.6) is 11.5 Å². The summed E-state index contributed by atoms with van der Waals surface area (Å²) in [5.41, 5.74) is 0.534. The van der Waals surface area contributed by atoms with Crippen LogP contribution >= 0.6 is 22.9 Å². The Balaban J connectivity index is 1.73. The van der Waals surface area contributed by atoms with Crippen molar-refractivity contribution in [3.8, 4) is 11.5 Å². The van der Waals surface area contributed by atoms with E-state index in [0.717, 1.165) is 11.3 Å².